The van der Waals surface area contributed by atoms with Gasteiger partial charge in [-0.15, -0.1) is 11.8 Å². The second kappa shape index (κ2) is 8.07. The van der Waals surface area contributed by atoms with Crippen molar-refractivity contribution in [2.45, 2.75) is 36.0 Å². The van der Waals surface area contributed by atoms with Gasteiger partial charge in [0.25, 0.3) is 0 Å². The number of hydrogen-bond acceptors (Lipinski definition) is 2. The monoisotopic (exact) mass is 374 g/mol. The first-order valence-electron chi connectivity index (χ1n) is 8.17. The van der Waals surface area contributed by atoms with Gasteiger partial charge in [-0.25, -0.2) is 9.37 Å². The van der Waals surface area contributed by atoms with E-state index in [0.29, 0.717) is 0 Å². The molecule has 5 heteroatoms. The number of nitrogens with zero attached hydrogens (tertiary/aromatic N) is 2. The number of halogens is 2. The summed E-state index contributed by atoms with van der Waals surface area (Å²) in [7, 11) is 0. The van der Waals surface area contributed by atoms with Crippen LogP contribution in [-0.2, 0) is 13.0 Å². The molecule has 2 nitrogen and oxygen atoms in total. The molecule has 130 valence electrons. The summed E-state index contributed by atoms with van der Waals surface area (Å²) >= 11 is 7.75. The average molecular weight is 375 g/mol. The molecule has 0 fully saturated rings. The van der Waals surface area contributed by atoms with Crippen LogP contribution in [0.1, 0.15) is 18.9 Å². The van der Waals surface area contributed by atoms with Crippen molar-refractivity contribution in [1.29, 1.82) is 0 Å². The van der Waals surface area contributed by atoms with Gasteiger partial charge in [0.2, 0.25) is 0 Å². The summed E-state index contributed by atoms with van der Waals surface area (Å²) in [5.74, 6) is -0.207. The van der Waals surface area contributed by atoms with Crippen molar-refractivity contribution in [3.05, 3.63) is 83.7 Å². The van der Waals surface area contributed by atoms with E-state index in [1.807, 2.05) is 36.8 Å². The van der Waals surface area contributed by atoms with Gasteiger partial charge < -0.3 is 4.57 Å². The van der Waals surface area contributed by atoms with Crippen LogP contribution in [0.4, 0.5) is 4.39 Å². The van der Waals surface area contributed by atoms with E-state index in [2.05, 4.69) is 28.6 Å². The van der Waals surface area contributed by atoms with Crippen LogP contribution in [0.5, 0.6) is 0 Å². The lowest BCUT2D eigenvalue weighted by atomic mass is 10.00. The van der Waals surface area contributed by atoms with Gasteiger partial charge in [-0.2, -0.15) is 0 Å². The predicted octanol–water partition coefficient (Wildman–Crippen LogP) is 5.86. The maximum absolute atomic E-state index is 13.2. The zero-order valence-corrected chi connectivity index (χ0v) is 15.6. The summed E-state index contributed by atoms with van der Waals surface area (Å²) in [6.45, 7) is 3.08. The van der Waals surface area contributed by atoms with Gasteiger partial charge in [-0.3, -0.25) is 0 Å². The van der Waals surface area contributed by atoms with Gasteiger partial charge in [0, 0.05) is 33.6 Å². The number of aromatic nitrogens is 2. The number of imidazole rings is 1. The van der Waals surface area contributed by atoms with E-state index in [1.165, 1.54) is 17.7 Å². The van der Waals surface area contributed by atoms with Crippen LogP contribution in [0.3, 0.4) is 0 Å². The van der Waals surface area contributed by atoms with E-state index < -0.39 is 0 Å². The van der Waals surface area contributed by atoms with E-state index in [0.717, 1.165) is 29.3 Å². The standard InChI is InChI=1S/C20H20ClFN2S/c1-20(14-24-13-12-23-15-24,25-19-8-6-18(22)7-9-19)11-10-16-2-4-17(21)5-3-16/h2-9,12-13,15H,10-11,14H2,1H3. The third-order valence-corrected chi connectivity index (χ3v) is 5.70. The van der Waals surface area contributed by atoms with E-state index in [-0.39, 0.29) is 10.6 Å². The Hall–Kier alpha value is -1.78. The Morgan fingerprint density at radius 3 is 2.48 bits per heavy atom. The van der Waals surface area contributed by atoms with Crippen LogP contribution in [0.2, 0.25) is 5.02 Å². The second-order valence-electron chi connectivity index (χ2n) is 6.37. The number of benzene rings is 2. The zero-order valence-electron chi connectivity index (χ0n) is 14.0. The summed E-state index contributed by atoms with van der Waals surface area (Å²) in [6.07, 6.45) is 7.55. The molecule has 3 aromatic rings. The molecule has 3 rings (SSSR count). The first kappa shape index (κ1) is 18.0. The van der Waals surface area contributed by atoms with Gasteiger partial charge in [0.15, 0.2) is 0 Å². The fourth-order valence-corrected chi connectivity index (χ4v) is 4.16. The van der Waals surface area contributed by atoms with E-state index >= 15 is 0 Å². The van der Waals surface area contributed by atoms with Crippen LogP contribution >= 0.6 is 23.4 Å². The minimum atomic E-state index is -0.207. The zero-order chi connectivity index (χ0) is 17.7. The molecular formula is C20H20ClFN2S. The second-order valence-corrected chi connectivity index (χ2v) is 8.46. The molecule has 0 radical (unpaired) electrons. The smallest absolute Gasteiger partial charge is 0.123 e. The van der Waals surface area contributed by atoms with Gasteiger partial charge in [0.1, 0.15) is 5.82 Å². The van der Waals surface area contributed by atoms with Crippen molar-refractivity contribution < 1.29 is 4.39 Å². The topological polar surface area (TPSA) is 17.8 Å². The molecule has 1 atom stereocenters. The van der Waals surface area contributed by atoms with Gasteiger partial charge in [-0.1, -0.05) is 23.7 Å². The number of thioether (sulfide) groups is 1. The van der Waals surface area contributed by atoms with Crippen molar-refractivity contribution in [2.24, 2.45) is 0 Å². The van der Waals surface area contributed by atoms with Crippen molar-refractivity contribution in [1.82, 2.24) is 9.55 Å². The molecule has 0 aliphatic carbocycles. The Morgan fingerprint density at radius 1 is 1.12 bits per heavy atom. The number of aryl methyl sites for hydroxylation is 1. The van der Waals surface area contributed by atoms with Crippen LogP contribution < -0.4 is 0 Å². The van der Waals surface area contributed by atoms with Crippen molar-refractivity contribution in [2.75, 3.05) is 0 Å². The molecule has 1 aromatic heterocycles. The highest BCUT2D eigenvalue weighted by atomic mass is 35.5. The third kappa shape index (κ3) is 5.35. The van der Waals surface area contributed by atoms with Crippen molar-refractivity contribution >= 4 is 23.4 Å². The predicted molar refractivity (Wildman–Crippen MR) is 103 cm³/mol. The van der Waals surface area contributed by atoms with Crippen molar-refractivity contribution in [3.8, 4) is 0 Å². The Morgan fingerprint density at radius 2 is 1.84 bits per heavy atom. The van der Waals surface area contributed by atoms with E-state index in [4.69, 9.17) is 11.6 Å². The Bertz CT molecular complexity index is 788. The van der Waals surface area contributed by atoms with Crippen LogP contribution in [0, 0.1) is 5.82 Å². The van der Waals surface area contributed by atoms with Crippen LogP contribution in [-0.4, -0.2) is 14.3 Å². The first-order valence-corrected chi connectivity index (χ1v) is 9.37. The maximum Gasteiger partial charge on any atom is 0.123 e. The molecule has 0 saturated carbocycles. The fourth-order valence-electron chi connectivity index (χ4n) is 2.78. The largest absolute Gasteiger partial charge is 0.336 e. The summed E-state index contributed by atoms with van der Waals surface area (Å²) in [4.78, 5) is 5.21. The Kier molecular flexibility index (Phi) is 5.82. The fraction of sp³-hybridized carbons (Fsp3) is 0.250. The average Bonchev–Trinajstić information content (AvgIpc) is 3.09. The highest BCUT2D eigenvalue weighted by Gasteiger charge is 2.26. The molecule has 25 heavy (non-hydrogen) atoms. The SMILES string of the molecule is CC(CCc1ccc(Cl)cc1)(Cn1ccnc1)Sc1ccc(F)cc1. The molecule has 2 aromatic carbocycles. The summed E-state index contributed by atoms with van der Waals surface area (Å²) in [6, 6.07) is 14.7. The van der Waals surface area contributed by atoms with Crippen LogP contribution in [0.15, 0.2) is 72.1 Å². The molecule has 0 spiro atoms. The number of rotatable bonds is 7. The van der Waals surface area contributed by atoms with Crippen molar-refractivity contribution in [3.63, 3.8) is 0 Å². The lowest BCUT2D eigenvalue weighted by molar-refractivity contribution is 0.495. The number of hydrogen-bond donors (Lipinski definition) is 0. The maximum atomic E-state index is 13.2. The highest BCUT2D eigenvalue weighted by Crippen LogP contribution is 2.38. The Labute approximate surface area is 157 Å². The molecule has 0 N–H and O–H groups in total. The van der Waals surface area contributed by atoms with Gasteiger partial charge >= 0.3 is 0 Å². The highest BCUT2D eigenvalue weighted by molar-refractivity contribution is 8.00. The molecule has 1 unspecified atom stereocenters. The summed E-state index contributed by atoms with van der Waals surface area (Å²) < 4.78 is 15.2. The molecule has 0 amide bonds. The lowest BCUT2D eigenvalue weighted by Crippen LogP contribution is -2.27. The molecule has 0 saturated heterocycles. The van der Waals surface area contributed by atoms with Gasteiger partial charge in [0.05, 0.1) is 6.33 Å². The summed E-state index contributed by atoms with van der Waals surface area (Å²) in [5.41, 5.74) is 1.26. The van der Waals surface area contributed by atoms with E-state index in [9.17, 15) is 4.39 Å². The molecular weight excluding hydrogens is 355 g/mol. The van der Waals surface area contributed by atoms with Crippen LogP contribution in [0.25, 0.3) is 0 Å². The Balaban J connectivity index is 1.75. The third-order valence-electron chi connectivity index (χ3n) is 4.11. The lowest BCUT2D eigenvalue weighted by Gasteiger charge is -2.29. The molecule has 0 aliphatic heterocycles. The molecule has 0 bridgehead atoms. The minimum absolute atomic E-state index is 0.0435. The first-order chi connectivity index (χ1) is 12.0. The summed E-state index contributed by atoms with van der Waals surface area (Å²) in [5, 5.41) is 0.755. The van der Waals surface area contributed by atoms with Gasteiger partial charge in [-0.05, 0) is 61.7 Å². The minimum Gasteiger partial charge on any atom is -0.336 e. The normalized spacial score (nSPS) is 13.6. The quantitative estimate of drug-likeness (QED) is 0.482. The molecule has 0 aliphatic rings. The van der Waals surface area contributed by atoms with E-state index in [1.54, 1.807) is 18.0 Å². The molecule has 1 heterocycles.